The van der Waals surface area contributed by atoms with Gasteiger partial charge in [0.1, 0.15) is 11.5 Å². The number of nitrogens with one attached hydrogen (secondary N) is 1. The predicted molar refractivity (Wildman–Crippen MR) is 84.5 cm³/mol. The number of carbonyl (C=O) groups is 1. The van der Waals surface area contributed by atoms with E-state index in [9.17, 15) is 19.6 Å². The maximum Gasteiger partial charge on any atom is 0.427 e. The van der Waals surface area contributed by atoms with Gasteiger partial charge >= 0.3 is 7.75 Å². The Hall–Kier alpha value is -2.34. The Kier molecular flexibility index (Phi) is 5.05. The molecule has 0 fully saturated rings. The van der Waals surface area contributed by atoms with Gasteiger partial charge in [-0.2, -0.15) is 0 Å². The molecule has 0 aliphatic carbocycles. The van der Waals surface area contributed by atoms with Crippen molar-refractivity contribution in [3.05, 3.63) is 53.6 Å². The molecular weight excluding hydrogens is 321 g/mol. The van der Waals surface area contributed by atoms with Gasteiger partial charge in [0.05, 0.1) is 5.69 Å². The van der Waals surface area contributed by atoms with Crippen molar-refractivity contribution in [3.63, 3.8) is 0 Å². The SMILES string of the molecule is O=C(CCc1ccc(O)cc1)c1ccc(O)cc1NP(=O)(O)O. The van der Waals surface area contributed by atoms with E-state index in [-0.39, 0.29) is 35.0 Å². The van der Waals surface area contributed by atoms with Crippen LogP contribution in [0.25, 0.3) is 0 Å². The Bertz CT molecular complexity index is 753. The lowest BCUT2D eigenvalue weighted by atomic mass is 10.0. The van der Waals surface area contributed by atoms with Crippen molar-refractivity contribution >= 4 is 19.2 Å². The molecule has 23 heavy (non-hydrogen) atoms. The van der Waals surface area contributed by atoms with Gasteiger partial charge in [-0.25, -0.2) is 4.57 Å². The molecule has 0 bridgehead atoms. The minimum atomic E-state index is -4.60. The van der Waals surface area contributed by atoms with Gasteiger partial charge in [0.15, 0.2) is 5.78 Å². The van der Waals surface area contributed by atoms with Crippen LogP contribution in [0.1, 0.15) is 22.3 Å². The second kappa shape index (κ2) is 6.83. The molecule has 0 saturated carbocycles. The van der Waals surface area contributed by atoms with Gasteiger partial charge in [0, 0.05) is 18.1 Å². The average Bonchev–Trinajstić information content (AvgIpc) is 2.45. The molecule has 0 saturated heterocycles. The smallest absolute Gasteiger partial charge is 0.427 e. The van der Waals surface area contributed by atoms with Crippen molar-refractivity contribution < 1.29 is 29.4 Å². The van der Waals surface area contributed by atoms with E-state index >= 15 is 0 Å². The number of aromatic hydroxyl groups is 2. The standard InChI is InChI=1S/C15H16NO6P/c17-11-4-1-10(2-5-11)3-8-15(19)13-7-6-12(18)9-14(13)16-23(20,21)22/h1-2,4-7,9,17-18H,3,8H2,(H3,16,20,21,22). The quantitative estimate of drug-likeness (QED) is 0.404. The highest BCUT2D eigenvalue weighted by Crippen LogP contribution is 2.38. The third-order valence-electron chi connectivity index (χ3n) is 3.15. The van der Waals surface area contributed by atoms with E-state index in [4.69, 9.17) is 9.79 Å². The van der Waals surface area contributed by atoms with Crippen LogP contribution in [0.2, 0.25) is 0 Å². The van der Waals surface area contributed by atoms with Crippen LogP contribution in [0.15, 0.2) is 42.5 Å². The average molecular weight is 337 g/mol. The van der Waals surface area contributed by atoms with Crippen molar-refractivity contribution in [2.24, 2.45) is 0 Å². The molecule has 0 heterocycles. The van der Waals surface area contributed by atoms with E-state index in [1.807, 2.05) is 5.09 Å². The van der Waals surface area contributed by atoms with Gasteiger partial charge in [0.25, 0.3) is 0 Å². The second-order valence-electron chi connectivity index (χ2n) is 4.98. The van der Waals surface area contributed by atoms with Crippen molar-refractivity contribution in [2.45, 2.75) is 12.8 Å². The number of ketones is 1. The van der Waals surface area contributed by atoms with Crippen molar-refractivity contribution in [2.75, 3.05) is 5.09 Å². The highest BCUT2D eigenvalue weighted by Gasteiger charge is 2.19. The molecular formula is C15H16NO6P. The maximum absolute atomic E-state index is 12.3. The van der Waals surface area contributed by atoms with Gasteiger partial charge < -0.3 is 20.0 Å². The van der Waals surface area contributed by atoms with Gasteiger partial charge in [-0.3, -0.25) is 9.88 Å². The first-order valence-corrected chi connectivity index (χ1v) is 8.34. The number of anilines is 1. The number of benzene rings is 2. The van der Waals surface area contributed by atoms with Gasteiger partial charge in [-0.05, 0) is 36.2 Å². The third-order valence-corrected chi connectivity index (χ3v) is 3.68. The molecule has 0 aliphatic heterocycles. The molecule has 0 spiro atoms. The fraction of sp³-hybridized carbons (Fsp3) is 0.133. The summed E-state index contributed by atoms with van der Waals surface area (Å²) >= 11 is 0. The van der Waals surface area contributed by atoms with Crippen molar-refractivity contribution in [1.82, 2.24) is 0 Å². The lowest BCUT2D eigenvalue weighted by molar-refractivity contribution is 0.0983. The summed E-state index contributed by atoms with van der Waals surface area (Å²) in [7, 11) is -4.60. The minimum Gasteiger partial charge on any atom is -0.508 e. The van der Waals surface area contributed by atoms with Crippen molar-refractivity contribution in [1.29, 1.82) is 0 Å². The molecule has 0 radical (unpaired) electrons. The van der Waals surface area contributed by atoms with Crippen LogP contribution < -0.4 is 5.09 Å². The molecule has 2 rings (SSSR count). The zero-order chi connectivity index (χ0) is 17.0. The first-order valence-electron chi connectivity index (χ1n) is 6.72. The molecule has 0 atom stereocenters. The minimum absolute atomic E-state index is 0.0879. The Morgan fingerprint density at radius 2 is 1.61 bits per heavy atom. The number of phenols is 2. The van der Waals surface area contributed by atoms with Crippen LogP contribution in [0, 0.1) is 0 Å². The summed E-state index contributed by atoms with van der Waals surface area (Å²) < 4.78 is 11.1. The molecule has 2 aromatic rings. The van der Waals surface area contributed by atoms with Crippen LogP contribution in [0.4, 0.5) is 5.69 Å². The summed E-state index contributed by atoms with van der Waals surface area (Å²) in [6.45, 7) is 0. The molecule has 0 aromatic heterocycles. The molecule has 8 heteroatoms. The molecule has 2 aromatic carbocycles. The summed E-state index contributed by atoms with van der Waals surface area (Å²) in [6.07, 6.45) is 0.529. The summed E-state index contributed by atoms with van der Waals surface area (Å²) in [5.41, 5.74) is 0.818. The fourth-order valence-corrected chi connectivity index (χ4v) is 2.58. The molecule has 0 aliphatic rings. The number of Topliss-reactive ketones (excluding diaryl/α,β-unsaturated/α-hetero) is 1. The highest BCUT2D eigenvalue weighted by atomic mass is 31.2. The zero-order valence-corrected chi connectivity index (χ0v) is 12.9. The third kappa shape index (κ3) is 5.10. The number of rotatable bonds is 6. The van der Waals surface area contributed by atoms with Crippen molar-refractivity contribution in [3.8, 4) is 11.5 Å². The first-order chi connectivity index (χ1) is 10.7. The number of hydrogen-bond donors (Lipinski definition) is 5. The number of aryl methyl sites for hydroxylation is 1. The summed E-state index contributed by atoms with van der Waals surface area (Å²) in [5, 5.41) is 20.6. The van der Waals surface area contributed by atoms with E-state index in [1.54, 1.807) is 12.1 Å². The second-order valence-corrected chi connectivity index (χ2v) is 6.29. The lowest BCUT2D eigenvalue weighted by Gasteiger charge is -2.12. The van der Waals surface area contributed by atoms with Gasteiger partial charge in [0.2, 0.25) is 0 Å². The van der Waals surface area contributed by atoms with Crippen LogP contribution in [-0.4, -0.2) is 25.8 Å². The first kappa shape index (κ1) is 17.0. The molecule has 0 amide bonds. The van der Waals surface area contributed by atoms with Crippen LogP contribution in [0.5, 0.6) is 11.5 Å². The maximum atomic E-state index is 12.3. The van der Waals surface area contributed by atoms with E-state index in [0.29, 0.717) is 6.42 Å². The summed E-state index contributed by atoms with van der Waals surface area (Å²) in [5.74, 6) is -0.406. The molecule has 0 unspecified atom stereocenters. The monoisotopic (exact) mass is 337 g/mol. The molecule has 5 N–H and O–H groups in total. The van der Waals surface area contributed by atoms with E-state index in [2.05, 4.69) is 0 Å². The Morgan fingerprint density at radius 1 is 1.00 bits per heavy atom. The largest absolute Gasteiger partial charge is 0.508 e. The van der Waals surface area contributed by atoms with Crippen LogP contribution in [-0.2, 0) is 11.0 Å². The normalized spacial score (nSPS) is 11.2. The van der Waals surface area contributed by atoms with Crippen LogP contribution >= 0.6 is 7.75 Å². The number of phenolic OH excluding ortho intramolecular Hbond substituents is 2. The molecule has 7 nitrogen and oxygen atoms in total. The fourth-order valence-electron chi connectivity index (χ4n) is 2.08. The van der Waals surface area contributed by atoms with E-state index < -0.39 is 7.75 Å². The Morgan fingerprint density at radius 3 is 2.22 bits per heavy atom. The summed E-state index contributed by atoms with van der Waals surface area (Å²) in [4.78, 5) is 30.2. The topological polar surface area (TPSA) is 127 Å². The number of hydrogen-bond acceptors (Lipinski definition) is 4. The van der Waals surface area contributed by atoms with Gasteiger partial charge in [-0.15, -0.1) is 0 Å². The zero-order valence-electron chi connectivity index (χ0n) is 12.0. The highest BCUT2D eigenvalue weighted by molar-refractivity contribution is 7.53. The Labute approximate surface area is 132 Å². The summed E-state index contributed by atoms with van der Waals surface area (Å²) in [6, 6.07) is 10.1. The van der Waals surface area contributed by atoms with Gasteiger partial charge in [-0.1, -0.05) is 12.1 Å². The van der Waals surface area contributed by atoms with E-state index in [0.717, 1.165) is 11.6 Å². The van der Waals surface area contributed by atoms with Crippen LogP contribution in [0.3, 0.4) is 0 Å². The lowest BCUT2D eigenvalue weighted by Crippen LogP contribution is -2.06. The molecule has 122 valence electrons. The predicted octanol–water partition coefficient (Wildman–Crippen LogP) is 2.42. The number of carbonyl (C=O) groups excluding carboxylic acids is 1. The Balaban J connectivity index is 2.15. The van der Waals surface area contributed by atoms with E-state index in [1.165, 1.54) is 24.3 Å².